The lowest BCUT2D eigenvalue weighted by Gasteiger charge is -2.42. The Morgan fingerprint density at radius 2 is 0.636 bits per heavy atom. The van der Waals surface area contributed by atoms with E-state index in [0.29, 0.717) is 0 Å². The second-order valence-corrected chi connectivity index (χ2v) is 3.47. The summed E-state index contributed by atoms with van der Waals surface area (Å²) in [5, 5.41) is 0. The van der Waals surface area contributed by atoms with E-state index in [1.54, 1.807) is 0 Å². The molecule has 0 bridgehead atoms. The molecule has 0 aromatic heterocycles. The number of nitrogens with zero attached hydrogens (tertiary/aromatic N) is 1. The summed E-state index contributed by atoms with van der Waals surface area (Å²) in [6, 6.07) is -8.12. The van der Waals surface area contributed by atoms with Gasteiger partial charge in [-0.25, -0.2) is 4.39 Å². The Balaban J connectivity index is 6.58. The Labute approximate surface area is 109 Å². The Morgan fingerprint density at radius 1 is 0.409 bits per heavy atom. The highest BCUT2D eigenvalue weighted by Crippen LogP contribution is 2.59. The second kappa shape index (κ2) is 4.95. The molecule has 0 saturated heterocycles. The number of hydrogen-bond donors (Lipinski definition) is 0. The Bertz CT molecular complexity index is 364. The third kappa shape index (κ3) is 3.15. The van der Waals surface area contributed by atoms with E-state index >= 15 is 0 Å². The molecule has 0 aliphatic rings. The minimum atomic E-state index is -8.14. The van der Waals surface area contributed by atoms with Crippen molar-refractivity contribution in [3.63, 3.8) is 0 Å². The highest BCUT2D eigenvalue weighted by atomic mass is 19.4. The molecule has 0 rings (SSSR count). The van der Waals surface area contributed by atoms with Gasteiger partial charge in [0.1, 0.15) is 0 Å². The molecule has 0 aliphatic heterocycles. The highest BCUT2D eigenvalue weighted by Gasteiger charge is 2.90. The topological polar surface area (TPSA) is 3.24 Å². The number of halogens is 15. The first-order valence-electron chi connectivity index (χ1n) is 4.26. The van der Waals surface area contributed by atoms with E-state index in [9.17, 15) is 65.9 Å². The van der Waals surface area contributed by atoms with Crippen LogP contribution >= 0.6 is 0 Å². The third-order valence-electron chi connectivity index (χ3n) is 1.98. The van der Waals surface area contributed by atoms with Crippen molar-refractivity contribution < 1.29 is 65.9 Å². The SMILES string of the molecule is FC(F)(F)N(C(F)(F)F)C(F)(F)C(F)(C(F)(F)F)C(F)(F)F. The summed E-state index contributed by atoms with van der Waals surface area (Å²) in [6.45, 7) is 0. The van der Waals surface area contributed by atoms with Crippen LogP contribution < -0.4 is 0 Å². The molecule has 0 unspecified atom stereocenters. The fourth-order valence-corrected chi connectivity index (χ4v) is 1.12. The van der Waals surface area contributed by atoms with Gasteiger partial charge in [-0.15, -0.1) is 0 Å². The van der Waals surface area contributed by atoms with Crippen LogP contribution in [0.3, 0.4) is 0 Å². The van der Waals surface area contributed by atoms with Gasteiger partial charge in [0.15, 0.2) is 0 Å². The molecule has 134 valence electrons. The Morgan fingerprint density at radius 3 is 0.773 bits per heavy atom. The van der Waals surface area contributed by atoms with Gasteiger partial charge in [-0.05, 0) is 0 Å². The molecule has 0 aromatic carbocycles. The van der Waals surface area contributed by atoms with Crippen molar-refractivity contribution in [1.29, 1.82) is 0 Å². The predicted octanol–water partition coefficient (Wildman–Crippen LogP) is 4.75. The van der Waals surface area contributed by atoms with Crippen molar-refractivity contribution in [3.05, 3.63) is 0 Å². The standard InChI is InChI=1S/C6F15N/c7-1(2(8,9)10,3(11,12)13)4(14,15)22(5(16,17)18)6(19,20)21. The lowest BCUT2D eigenvalue weighted by Crippen LogP contribution is -2.74. The van der Waals surface area contributed by atoms with Gasteiger partial charge in [0.2, 0.25) is 0 Å². The highest BCUT2D eigenvalue weighted by molar-refractivity contribution is 5.06. The normalized spacial score (nSPS) is 16.4. The molecule has 16 heteroatoms. The van der Waals surface area contributed by atoms with Crippen molar-refractivity contribution in [2.45, 2.75) is 36.7 Å². The Kier molecular flexibility index (Phi) is 4.71. The summed E-state index contributed by atoms with van der Waals surface area (Å²) in [5.41, 5.74) is -8.14. The maximum Gasteiger partial charge on any atom is 0.472 e. The van der Waals surface area contributed by atoms with E-state index < -0.39 is 41.6 Å². The first-order valence-corrected chi connectivity index (χ1v) is 4.26. The average molecular weight is 371 g/mol. The van der Waals surface area contributed by atoms with Crippen molar-refractivity contribution in [2.75, 3.05) is 0 Å². The summed E-state index contributed by atoms with van der Waals surface area (Å²) in [6.07, 6.45) is -30.7. The van der Waals surface area contributed by atoms with Gasteiger partial charge in [-0.2, -0.15) is 61.5 Å². The quantitative estimate of drug-likeness (QED) is 0.500. The van der Waals surface area contributed by atoms with E-state index in [-0.39, 0.29) is 0 Å². The number of hydrogen-bond acceptors (Lipinski definition) is 1. The van der Waals surface area contributed by atoms with Crippen LogP contribution in [-0.4, -0.2) is 41.6 Å². The zero-order valence-electron chi connectivity index (χ0n) is 9.12. The summed E-state index contributed by atoms with van der Waals surface area (Å²) in [4.78, 5) is -4.41. The van der Waals surface area contributed by atoms with Crippen LogP contribution in [0.5, 0.6) is 0 Å². The van der Waals surface area contributed by atoms with Gasteiger partial charge < -0.3 is 0 Å². The number of alkyl halides is 15. The maximum atomic E-state index is 12.9. The molecule has 0 radical (unpaired) electrons. The number of rotatable bonds is 2. The molecule has 22 heavy (non-hydrogen) atoms. The molecule has 0 saturated carbocycles. The summed E-state index contributed by atoms with van der Waals surface area (Å²) in [7, 11) is 0. The summed E-state index contributed by atoms with van der Waals surface area (Å²) >= 11 is 0. The summed E-state index contributed by atoms with van der Waals surface area (Å²) in [5.74, 6) is 0. The molecule has 1 nitrogen and oxygen atoms in total. The van der Waals surface area contributed by atoms with Crippen LogP contribution in [0.2, 0.25) is 0 Å². The minimum absolute atomic E-state index is 4.41. The fraction of sp³-hybridized carbons (Fsp3) is 1.00. The molecule has 0 spiro atoms. The third-order valence-corrected chi connectivity index (χ3v) is 1.98. The second-order valence-electron chi connectivity index (χ2n) is 3.47. The van der Waals surface area contributed by atoms with Gasteiger partial charge in [-0.3, -0.25) is 0 Å². The maximum absolute atomic E-state index is 12.9. The van der Waals surface area contributed by atoms with Crippen LogP contribution in [-0.2, 0) is 0 Å². The molecule has 0 aromatic rings. The lowest BCUT2D eigenvalue weighted by atomic mass is 10.0. The zero-order valence-corrected chi connectivity index (χ0v) is 9.12. The van der Waals surface area contributed by atoms with Crippen LogP contribution in [0, 0.1) is 0 Å². The smallest absolute Gasteiger partial charge is 0.215 e. The molecule has 0 fully saturated rings. The van der Waals surface area contributed by atoms with E-state index in [2.05, 4.69) is 0 Å². The van der Waals surface area contributed by atoms with Crippen molar-refractivity contribution >= 4 is 0 Å². The Hall–Kier alpha value is -1.09. The van der Waals surface area contributed by atoms with E-state index in [4.69, 9.17) is 0 Å². The minimum Gasteiger partial charge on any atom is -0.215 e. The molecular formula is C6F15N. The van der Waals surface area contributed by atoms with Gasteiger partial charge in [0.25, 0.3) is 0 Å². The monoisotopic (exact) mass is 371 g/mol. The van der Waals surface area contributed by atoms with Gasteiger partial charge >= 0.3 is 36.7 Å². The van der Waals surface area contributed by atoms with Crippen LogP contribution in [0.1, 0.15) is 0 Å². The predicted molar refractivity (Wildman–Crippen MR) is 34.8 cm³/mol. The molecule has 0 heterocycles. The lowest BCUT2D eigenvalue weighted by molar-refractivity contribution is -0.500. The molecule has 0 N–H and O–H groups in total. The van der Waals surface area contributed by atoms with Crippen LogP contribution in [0.15, 0.2) is 0 Å². The molecule has 0 aliphatic carbocycles. The first kappa shape index (κ1) is 20.9. The van der Waals surface area contributed by atoms with E-state index in [1.807, 2.05) is 0 Å². The van der Waals surface area contributed by atoms with E-state index in [1.165, 1.54) is 0 Å². The first-order chi connectivity index (χ1) is 9.12. The van der Waals surface area contributed by atoms with Crippen molar-refractivity contribution in [3.8, 4) is 0 Å². The molecular weight excluding hydrogens is 371 g/mol. The van der Waals surface area contributed by atoms with Gasteiger partial charge in [0.05, 0.1) is 0 Å². The van der Waals surface area contributed by atoms with Gasteiger partial charge in [-0.1, -0.05) is 4.90 Å². The van der Waals surface area contributed by atoms with Crippen molar-refractivity contribution in [2.24, 2.45) is 0 Å². The van der Waals surface area contributed by atoms with Crippen LogP contribution in [0.4, 0.5) is 65.9 Å². The van der Waals surface area contributed by atoms with E-state index in [0.717, 1.165) is 0 Å². The van der Waals surface area contributed by atoms with Crippen molar-refractivity contribution in [1.82, 2.24) is 4.90 Å². The largest absolute Gasteiger partial charge is 0.472 e. The molecule has 0 amide bonds. The average Bonchev–Trinajstić information content (AvgIpc) is 2.05. The summed E-state index contributed by atoms with van der Waals surface area (Å²) < 4.78 is 181. The zero-order chi connectivity index (χ0) is 18.6. The molecule has 0 atom stereocenters. The van der Waals surface area contributed by atoms with Crippen LogP contribution in [0.25, 0.3) is 0 Å². The fourth-order valence-electron chi connectivity index (χ4n) is 1.12. The van der Waals surface area contributed by atoms with Gasteiger partial charge in [0, 0.05) is 0 Å².